The molecule has 2 aromatic rings. The number of benzene rings is 1. The standard InChI is InChI=1S/C15H20N2/c1-9-7-8-15(11(3)10(9)2)17-14(6)12(4)13(5)16-17/h7-8H,1-6H3. The summed E-state index contributed by atoms with van der Waals surface area (Å²) >= 11 is 0. The van der Waals surface area contributed by atoms with Gasteiger partial charge in [-0.2, -0.15) is 5.10 Å². The van der Waals surface area contributed by atoms with Crippen molar-refractivity contribution >= 4 is 0 Å². The van der Waals surface area contributed by atoms with E-state index in [-0.39, 0.29) is 0 Å². The molecular weight excluding hydrogens is 208 g/mol. The van der Waals surface area contributed by atoms with E-state index in [4.69, 9.17) is 0 Å². The first-order valence-corrected chi connectivity index (χ1v) is 6.03. The Kier molecular flexibility index (Phi) is 2.82. The number of hydrogen-bond donors (Lipinski definition) is 0. The van der Waals surface area contributed by atoms with Gasteiger partial charge in [0.1, 0.15) is 0 Å². The van der Waals surface area contributed by atoms with E-state index in [0.717, 1.165) is 5.69 Å². The molecule has 2 heteroatoms. The molecule has 17 heavy (non-hydrogen) atoms. The number of aromatic nitrogens is 2. The van der Waals surface area contributed by atoms with Crippen molar-refractivity contribution < 1.29 is 0 Å². The van der Waals surface area contributed by atoms with Crippen molar-refractivity contribution in [1.82, 2.24) is 9.78 Å². The van der Waals surface area contributed by atoms with Gasteiger partial charge in [-0.05, 0) is 69.9 Å². The van der Waals surface area contributed by atoms with Crippen LogP contribution in [0.5, 0.6) is 0 Å². The lowest BCUT2D eigenvalue weighted by Gasteiger charge is -2.12. The fraction of sp³-hybridized carbons (Fsp3) is 0.400. The third-order valence-corrected chi connectivity index (χ3v) is 3.91. The zero-order valence-electron chi connectivity index (χ0n) is 11.5. The maximum absolute atomic E-state index is 4.63. The maximum atomic E-state index is 4.63. The van der Waals surface area contributed by atoms with E-state index < -0.39 is 0 Å². The predicted molar refractivity (Wildman–Crippen MR) is 72.0 cm³/mol. The Morgan fingerprint density at radius 2 is 1.47 bits per heavy atom. The Balaban J connectivity index is 2.69. The van der Waals surface area contributed by atoms with E-state index in [1.807, 2.05) is 0 Å². The van der Waals surface area contributed by atoms with Crippen molar-refractivity contribution in [2.75, 3.05) is 0 Å². The second kappa shape index (κ2) is 4.02. The van der Waals surface area contributed by atoms with Gasteiger partial charge >= 0.3 is 0 Å². The summed E-state index contributed by atoms with van der Waals surface area (Å²) in [5.74, 6) is 0. The van der Waals surface area contributed by atoms with Crippen LogP contribution in [0.15, 0.2) is 12.1 Å². The number of aryl methyl sites for hydroxylation is 2. The highest BCUT2D eigenvalue weighted by atomic mass is 15.3. The second-order valence-electron chi connectivity index (χ2n) is 4.86. The van der Waals surface area contributed by atoms with Crippen LogP contribution in [0.1, 0.15) is 33.6 Å². The van der Waals surface area contributed by atoms with Gasteiger partial charge < -0.3 is 0 Å². The molecule has 2 nitrogen and oxygen atoms in total. The van der Waals surface area contributed by atoms with E-state index in [2.05, 4.69) is 63.5 Å². The van der Waals surface area contributed by atoms with Gasteiger partial charge in [-0.15, -0.1) is 0 Å². The van der Waals surface area contributed by atoms with Gasteiger partial charge in [-0.3, -0.25) is 0 Å². The van der Waals surface area contributed by atoms with E-state index in [1.165, 1.54) is 33.6 Å². The molecule has 0 fully saturated rings. The highest BCUT2D eigenvalue weighted by molar-refractivity contribution is 5.49. The molecule has 90 valence electrons. The Hall–Kier alpha value is -1.57. The molecule has 2 rings (SSSR count). The smallest absolute Gasteiger partial charge is 0.0680 e. The van der Waals surface area contributed by atoms with E-state index >= 15 is 0 Å². The zero-order chi connectivity index (χ0) is 12.7. The highest BCUT2D eigenvalue weighted by Crippen LogP contribution is 2.23. The Morgan fingerprint density at radius 1 is 0.824 bits per heavy atom. The van der Waals surface area contributed by atoms with Gasteiger partial charge in [0.15, 0.2) is 0 Å². The Labute approximate surface area is 103 Å². The molecule has 1 aromatic carbocycles. The van der Waals surface area contributed by atoms with Gasteiger partial charge in [0.2, 0.25) is 0 Å². The van der Waals surface area contributed by atoms with Crippen LogP contribution in [0.2, 0.25) is 0 Å². The van der Waals surface area contributed by atoms with E-state index in [9.17, 15) is 0 Å². The largest absolute Gasteiger partial charge is 0.237 e. The summed E-state index contributed by atoms with van der Waals surface area (Å²) < 4.78 is 2.06. The first-order valence-electron chi connectivity index (χ1n) is 6.03. The summed E-state index contributed by atoms with van der Waals surface area (Å²) in [6.45, 7) is 12.8. The van der Waals surface area contributed by atoms with Crippen LogP contribution in [0.25, 0.3) is 5.69 Å². The van der Waals surface area contributed by atoms with Crippen molar-refractivity contribution in [2.45, 2.75) is 41.5 Å². The topological polar surface area (TPSA) is 17.8 Å². The van der Waals surface area contributed by atoms with Crippen molar-refractivity contribution in [3.63, 3.8) is 0 Å². The van der Waals surface area contributed by atoms with Gasteiger partial charge in [-0.25, -0.2) is 4.68 Å². The quantitative estimate of drug-likeness (QED) is 0.727. The molecular formula is C15H20N2. The van der Waals surface area contributed by atoms with E-state index in [0.29, 0.717) is 0 Å². The summed E-state index contributed by atoms with van der Waals surface area (Å²) in [7, 11) is 0. The minimum Gasteiger partial charge on any atom is -0.237 e. The van der Waals surface area contributed by atoms with Crippen LogP contribution >= 0.6 is 0 Å². The third-order valence-electron chi connectivity index (χ3n) is 3.91. The normalized spacial score (nSPS) is 10.9. The minimum absolute atomic E-state index is 1.11. The van der Waals surface area contributed by atoms with Crippen LogP contribution in [-0.4, -0.2) is 9.78 Å². The van der Waals surface area contributed by atoms with Crippen LogP contribution in [0, 0.1) is 41.5 Å². The van der Waals surface area contributed by atoms with Crippen LogP contribution in [-0.2, 0) is 0 Å². The molecule has 0 aliphatic rings. The number of nitrogens with zero attached hydrogens (tertiary/aromatic N) is 2. The first kappa shape index (κ1) is 11.9. The fourth-order valence-corrected chi connectivity index (χ4v) is 2.13. The van der Waals surface area contributed by atoms with Crippen molar-refractivity contribution in [3.8, 4) is 5.69 Å². The summed E-state index contributed by atoms with van der Waals surface area (Å²) in [6.07, 6.45) is 0. The molecule has 0 saturated carbocycles. The van der Waals surface area contributed by atoms with Crippen LogP contribution in [0.3, 0.4) is 0 Å². The van der Waals surface area contributed by atoms with Crippen molar-refractivity contribution in [3.05, 3.63) is 45.8 Å². The lowest BCUT2D eigenvalue weighted by atomic mass is 10.0. The highest BCUT2D eigenvalue weighted by Gasteiger charge is 2.12. The summed E-state index contributed by atoms with van der Waals surface area (Å²) in [5, 5.41) is 4.63. The second-order valence-corrected chi connectivity index (χ2v) is 4.86. The lowest BCUT2D eigenvalue weighted by molar-refractivity contribution is 0.824. The predicted octanol–water partition coefficient (Wildman–Crippen LogP) is 3.72. The molecule has 1 heterocycles. The molecule has 0 aliphatic carbocycles. The third kappa shape index (κ3) is 1.78. The average Bonchev–Trinajstić information content (AvgIpc) is 2.54. The molecule has 0 aliphatic heterocycles. The number of hydrogen-bond acceptors (Lipinski definition) is 1. The lowest BCUT2D eigenvalue weighted by Crippen LogP contribution is -2.03. The molecule has 0 radical (unpaired) electrons. The Bertz CT molecular complexity index is 577. The van der Waals surface area contributed by atoms with Gasteiger partial charge in [0, 0.05) is 5.69 Å². The van der Waals surface area contributed by atoms with Gasteiger partial charge in [-0.1, -0.05) is 6.07 Å². The van der Waals surface area contributed by atoms with Crippen LogP contribution in [0.4, 0.5) is 0 Å². The molecule has 0 bridgehead atoms. The molecule has 0 saturated heterocycles. The monoisotopic (exact) mass is 228 g/mol. The van der Waals surface area contributed by atoms with Gasteiger partial charge in [0.25, 0.3) is 0 Å². The van der Waals surface area contributed by atoms with Crippen molar-refractivity contribution in [2.24, 2.45) is 0 Å². The average molecular weight is 228 g/mol. The molecule has 1 aromatic heterocycles. The Morgan fingerprint density at radius 3 is 2.00 bits per heavy atom. The van der Waals surface area contributed by atoms with Crippen molar-refractivity contribution in [1.29, 1.82) is 0 Å². The molecule has 0 spiro atoms. The summed E-state index contributed by atoms with van der Waals surface area (Å²) in [6, 6.07) is 4.33. The zero-order valence-corrected chi connectivity index (χ0v) is 11.5. The van der Waals surface area contributed by atoms with E-state index in [1.54, 1.807) is 0 Å². The fourth-order valence-electron chi connectivity index (χ4n) is 2.13. The van der Waals surface area contributed by atoms with Crippen LogP contribution < -0.4 is 0 Å². The molecule has 0 amide bonds. The molecule has 0 unspecified atom stereocenters. The maximum Gasteiger partial charge on any atom is 0.0680 e. The van der Waals surface area contributed by atoms with Gasteiger partial charge in [0.05, 0.1) is 11.4 Å². The summed E-state index contributed by atoms with van der Waals surface area (Å²) in [5.41, 5.74) is 8.83. The number of rotatable bonds is 1. The molecule has 0 N–H and O–H groups in total. The minimum atomic E-state index is 1.11. The summed E-state index contributed by atoms with van der Waals surface area (Å²) in [4.78, 5) is 0. The molecule has 0 atom stereocenters. The SMILES string of the molecule is Cc1ccc(-n2nc(C)c(C)c2C)c(C)c1C. The first-order chi connectivity index (χ1) is 7.93.